The topological polar surface area (TPSA) is 97.5 Å². The van der Waals surface area contributed by atoms with Crippen molar-refractivity contribution in [1.29, 1.82) is 0 Å². The highest BCUT2D eigenvalue weighted by Gasteiger charge is 2.11. The van der Waals surface area contributed by atoms with Crippen LogP contribution >= 0.6 is 0 Å². The Kier molecular flexibility index (Phi) is 3.82. The molecule has 0 bridgehead atoms. The van der Waals surface area contributed by atoms with E-state index in [1.165, 1.54) is 0 Å². The molecular formula is C13H15N3O3. The van der Waals surface area contributed by atoms with Crippen molar-refractivity contribution in [3.05, 3.63) is 30.5 Å². The Morgan fingerprint density at radius 1 is 1.53 bits per heavy atom. The van der Waals surface area contributed by atoms with Crippen molar-refractivity contribution in [1.82, 2.24) is 4.98 Å². The highest BCUT2D eigenvalue weighted by atomic mass is 16.5. The number of carbonyl (C=O) groups excluding carboxylic acids is 1. The number of aliphatic hydroxyl groups excluding tert-OH is 1. The molecule has 4 N–H and O–H groups in total. The van der Waals surface area contributed by atoms with Crippen LogP contribution in [0.5, 0.6) is 5.75 Å². The third-order valence-corrected chi connectivity index (χ3v) is 2.76. The van der Waals surface area contributed by atoms with Crippen LogP contribution in [0.3, 0.4) is 0 Å². The van der Waals surface area contributed by atoms with E-state index in [2.05, 4.69) is 10.3 Å². The molecule has 0 aliphatic rings. The Morgan fingerprint density at radius 3 is 3.00 bits per heavy atom. The van der Waals surface area contributed by atoms with Gasteiger partial charge in [0.25, 0.3) is 0 Å². The third kappa shape index (κ3) is 2.92. The first-order valence-electron chi connectivity index (χ1n) is 5.76. The number of nitrogens with zero attached hydrogens (tertiary/aromatic N) is 1. The highest BCUT2D eigenvalue weighted by molar-refractivity contribution is 5.93. The number of methoxy groups -OCH3 is 1. The summed E-state index contributed by atoms with van der Waals surface area (Å²) >= 11 is 0. The van der Waals surface area contributed by atoms with Gasteiger partial charge in [-0.2, -0.15) is 0 Å². The maximum Gasteiger partial charge on any atom is 0.248 e. The Labute approximate surface area is 110 Å². The van der Waals surface area contributed by atoms with Gasteiger partial charge in [0.05, 0.1) is 13.7 Å². The zero-order chi connectivity index (χ0) is 13.8. The van der Waals surface area contributed by atoms with E-state index in [0.717, 1.165) is 10.8 Å². The van der Waals surface area contributed by atoms with Gasteiger partial charge in [-0.1, -0.05) is 6.07 Å². The number of aliphatic hydroxyl groups is 1. The summed E-state index contributed by atoms with van der Waals surface area (Å²) in [5, 5.41) is 14.1. The van der Waals surface area contributed by atoms with Crippen LogP contribution in [-0.2, 0) is 4.79 Å². The van der Waals surface area contributed by atoms with Crippen molar-refractivity contribution >= 4 is 22.5 Å². The van der Waals surface area contributed by atoms with E-state index in [-0.39, 0.29) is 6.54 Å². The van der Waals surface area contributed by atoms with Gasteiger partial charge in [-0.05, 0) is 23.6 Å². The number of pyridine rings is 1. The normalized spacial score (nSPS) is 12.1. The number of fused-ring (bicyclic) bond motifs is 1. The van der Waals surface area contributed by atoms with Gasteiger partial charge in [0, 0.05) is 11.6 Å². The quantitative estimate of drug-likeness (QED) is 0.728. The molecule has 100 valence electrons. The minimum absolute atomic E-state index is 0.0126. The number of benzene rings is 1. The van der Waals surface area contributed by atoms with Gasteiger partial charge in [0.15, 0.2) is 0 Å². The van der Waals surface area contributed by atoms with Gasteiger partial charge >= 0.3 is 0 Å². The second kappa shape index (κ2) is 5.53. The number of nitrogens with two attached hydrogens (primary N) is 1. The molecular weight excluding hydrogens is 246 g/mol. The average molecular weight is 261 g/mol. The summed E-state index contributed by atoms with van der Waals surface area (Å²) in [6.45, 7) is 0.0126. The van der Waals surface area contributed by atoms with Crippen molar-refractivity contribution in [3.63, 3.8) is 0 Å². The first kappa shape index (κ1) is 13.1. The predicted octanol–water partition coefficient (Wildman–Crippen LogP) is 0.501. The lowest BCUT2D eigenvalue weighted by Crippen LogP contribution is -2.34. The summed E-state index contributed by atoms with van der Waals surface area (Å²) in [4.78, 5) is 15.0. The van der Waals surface area contributed by atoms with Crippen LogP contribution in [0.1, 0.15) is 0 Å². The fourth-order valence-electron chi connectivity index (χ4n) is 1.71. The van der Waals surface area contributed by atoms with Gasteiger partial charge in [-0.3, -0.25) is 4.79 Å². The molecule has 0 spiro atoms. The minimum atomic E-state index is -1.25. The SMILES string of the molecule is COc1ccc2ccnc(NCC(O)C(N)=O)c2c1. The van der Waals surface area contributed by atoms with Crippen molar-refractivity contribution < 1.29 is 14.6 Å². The van der Waals surface area contributed by atoms with Crippen LogP contribution in [0, 0.1) is 0 Å². The fourth-order valence-corrected chi connectivity index (χ4v) is 1.71. The summed E-state index contributed by atoms with van der Waals surface area (Å²) in [7, 11) is 1.58. The maximum absolute atomic E-state index is 10.8. The Bertz CT molecular complexity index is 601. The van der Waals surface area contributed by atoms with Gasteiger partial charge in [-0.15, -0.1) is 0 Å². The maximum atomic E-state index is 10.8. The molecule has 0 aliphatic heterocycles. The van der Waals surface area contributed by atoms with Crippen LogP contribution in [0.2, 0.25) is 0 Å². The number of primary amides is 1. The van der Waals surface area contributed by atoms with Crippen molar-refractivity contribution in [2.24, 2.45) is 5.73 Å². The second-order valence-corrected chi connectivity index (χ2v) is 4.05. The van der Waals surface area contributed by atoms with E-state index in [0.29, 0.717) is 11.6 Å². The molecule has 0 aliphatic carbocycles. The van der Waals surface area contributed by atoms with Crippen LogP contribution in [0.15, 0.2) is 30.5 Å². The number of aromatic nitrogens is 1. The predicted molar refractivity (Wildman–Crippen MR) is 72.0 cm³/mol. The van der Waals surface area contributed by atoms with Crippen molar-refractivity contribution in [3.8, 4) is 5.75 Å². The average Bonchev–Trinajstić information content (AvgIpc) is 2.43. The molecule has 1 unspecified atom stereocenters. The number of nitrogens with one attached hydrogen (secondary N) is 1. The molecule has 0 radical (unpaired) electrons. The summed E-state index contributed by atoms with van der Waals surface area (Å²) in [6.07, 6.45) is 0.399. The zero-order valence-electron chi connectivity index (χ0n) is 10.5. The number of anilines is 1. The lowest BCUT2D eigenvalue weighted by Gasteiger charge is -2.11. The molecule has 2 aromatic rings. The lowest BCUT2D eigenvalue weighted by molar-refractivity contribution is -0.125. The Hall–Kier alpha value is -2.34. The number of carbonyl (C=O) groups is 1. The number of hydrogen-bond donors (Lipinski definition) is 3. The lowest BCUT2D eigenvalue weighted by atomic mass is 10.1. The van der Waals surface area contributed by atoms with Crippen LogP contribution in [-0.4, -0.2) is 35.8 Å². The van der Waals surface area contributed by atoms with Crippen LogP contribution in [0.4, 0.5) is 5.82 Å². The molecule has 1 heterocycles. The molecule has 19 heavy (non-hydrogen) atoms. The van der Waals surface area contributed by atoms with Gasteiger partial charge in [0.1, 0.15) is 17.7 Å². The van der Waals surface area contributed by atoms with E-state index >= 15 is 0 Å². The molecule has 0 fully saturated rings. The Morgan fingerprint density at radius 2 is 2.32 bits per heavy atom. The monoisotopic (exact) mass is 261 g/mol. The first-order chi connectivity index (χ1) is 9.11. The van der Waals surface area contributed by atoms with Crippen LogP contribution < -0.4 is 15.8 Å². The van der Waals surface area contributed by atoms with E-state index in [1.807, 2.05) is 24.3 Å². The summed E-state index contributed by atoms with van der Waals surface area (Å²) < 4.78 is 5.16. The Balaban J connectivity index is 2.29. The molecule has 1 aromatic carbocycles. The molecule has 1 aromatic heterocycles. The van der Waals surface area contributed by atoms with E-state index < -0.39 is 12.0 Å². The molecule has 2 rings (SSSR count). The van der Waals surface area contributed by atoms with Crippen LogP contribution in [0.25, 0.3) is 10.8 Å². The molecule has 1 amide bonds. The largest absolute Gasteiger partial charge is 0.497 e. The zero-order valence-corrected chi connectivity index (χ0v) is 10.5. The smallest absolute Gasteiger partial charge is 0.248 e. The first-order valence-corrected chi connectivity index (χ1v) is 5.76. The minimum Gasteiger partial charge on any atom is -0.497 e. The van der Waals surface area contributed by atoms with Crippen molar-refractivity contribution in [2.75, 3.05) is 19.0 Å². The highest BCUT2D eigenvalue weighted by Crippen LogP contribution is 2.25. The molecule has 0 saturated carbocycles. The molecule has 1 atom stereocenters. The molecule has 0 saturated heterocycles. The van der Waals surface area contributed by atoms with Gasteiger partial charge in [0.2, 0.25) is 5.91 Å². The van der Waals surface area contributed by atoms with Gasteiger partial charge in [-0.25, -0.2) is 4.98 Å². The third-order valence-electron chi connectivity index (χ3n) is 2.76. The van der Waals surface area contributed by atoms with E-state index in [4.69, 9.17) is 10.5 Å². The second-order valence-electron chi connectivity index (χ2n) is 4.05. The number of rotatable bonds is 5. The van der Waals surface area contributed by atoms with E-state index in [9.17, 15) is 9.90 Å². The number of amides is 1. The summed E-state index contributed by atoms with van der Waals surface area (Å²) in [5.41, 5.74) is 4.99. The fraction of sp³-hybridized carbons (Fsp3) is 0.231. The summed E-state index contributed by atoms with van der Waals surface area (Å²) in [6, 6.07) is 7.46. The van der Waals surface area contributed by atoms with E-state index in [1.54, 1.807) is 13.3 Å². The van der Waals surface area contributed by atoms with Crippen molar-refractivity contribution in [2.45, 2.75) is 6.10 Å². The number of ether oxygens (including phenoxy) is 1. The molecule has 6 nitrogen and oxygen atoms in total. The van der Waals surface area contributed by atoms with Gasteiger partial charge < -0.3 is 20.9 Å². The molecule has 6 heteroatoms. The standard InChI is InChI=1S/C13H15N3O3/c1-19-9-3-2-8-4-5-15-13(10(8)6-9)16-7-11(17)12(14)18/h2-6,11,17H,7H2,1H3,(H2,14,18)(H,15,16). The summed E-state index contributed by atoms with van der Waals surface area (Å²) in [5.74, 6) is 0.501. The number of hydrogen-bond acceptors (Lipinski definition) is 5.